The number of nitrogens with one attached hydrogen (secondary N) is 2. The lowest BCUT2D eigenvalue weighted by Crippen LogP contribution is -2.51. The normalized spacial score (nSPS) is 18.5. The Morgan fingerprint density at radius 1 is 1.50 bits per heavy atom. The molecule has 1 aromatic heterocycles. The summed E-state index contributed by atoms with van der Waals surface area (Å²) < 4.78 is 6.72. The summed E-state index contributed by atoms with van der Waals surface area (Å²) >= 11 is 0. The van der Waals surface area contributed by atoms with E-state index in [2.05, 4.69) is 10.3 Å². The van der Waals surface area contributed by atoms with Crippen molar-refractivity contribution < 1.29 is 9.53 Å². The first kappa shape index (κ1) is 16.3. The van der Waals surface area contributed by atoms with E-state index >= 15 is 0 Å². The number of H-pyrrole nitrogens is 1. The van der Waals surface area contributed by atoms with Gasteiger partial charge in [0.1, 0.15) is 0 Å². The van der Waals surface area contributed by atoms with Crippen LogP contribution in [0.4, 0.5) is 4.79 Å². The van der Waals surface area contributed by atoms with E-state index in [1.165, 1.54) is 10.8 Å². The minimum atomic E-state index is -0.475. The quantitative estimate of drug-likeness (QED) is 0.824. The maximum absolute atomic E-state index is 12.2. The van der Waals surface area contributed by atoms with Gasteiger partial charge in [0.15, 0.2) is 0 Å². The summed E-state index contributed by atoms with van der Waals surface area (Å²) in [5, 5.41) is 2.72. The van der Waals surface area contributed by atoms with Crippen LogP contribution < -0.4 is 16.6 Å². The van der Waals surface area contributed by atoms with Crippen LogP contribution in [0.2, 0.25) is 0 Å². The molecule has 0 saturated carbocycles. The molecule has 0 aromatic carbocycles. The summed E-state index contributed by atoms with van der Waals surface area (Å²) in [6, 6.07) is -0.313. The fraction of sp³-hybridized carbons (Fsp3) is 0.643. The number of rotatable bonds is 3. The number of nitrogens with zero attached hydrogens (tertiary/aromatic N) is 2. The number of morpholine rings is 1. The van der Waals surface area contributed by atoms with E-state index in [1.54, 1.807) is 4.90 Å². The second-order valence-electron chi connectivity index (χ2n) is 5.69. The summed E-state index contributed by atoms with van der Waals surface area (Å²) in [5.41, 5.74) is -0.573. The highest BCUT2D eigenvalue weighted by atomic mass is 16.5. The third kappa shape index (κ3) is 3.56. The van der Waals surface area contributed by atoms with Crippen LogP contribution in [0.1, 0.15) is 32.4 Å². The molecule has 0 radical (unpaired) electrons. The van der Waals surface area contributed by atoms with Crippen molar-refractivity contribution in [2.45, 2.75) is 39.4 Å². The summed E-state index contributed by atoms with van der Waals surface area (Å²) in [6.07, 6.45) is 1.49. The van der Waals surface area contributed by atoms with Crippen molar-refractivity contribution in [1.29, 1.82) is 0 Å². The first-order chi connectivity index (χ1) is 10.4. The minimum absolute atomic E-state index is 0.00310. The summed E-state index contributed by atoms with van der Waals surface area (Å²) in [7, 11) is 0. The van der Waals surface area contributed by atoms with Crippen molar-refractivity contribution in [3.63, 3.8) is 0 Å². The number of hydrogen-bond acceptors (Lipinski definition) is 4. The number of urea groups is 1. The molecule has 122 valence electrons. The highest BCUT2D eigenvalue weighted by Gasteiger charge is 2.23. The molecule has 1 atom stereocenters. The Bertz CT molecular complexity index is 649. The van der Waals surface area contributed by atoms with Crippen LogP contribution in [-0.2, 0) is 11.3 Å². The third-order valence-corrected chi connectivity index (χ3v) is 3.66. The number of ether oxygens (including phenoxy) is 1. The third-order valence-electron chi connectivity index (χ3n) is 3.66. The second kappa shape index (κ2) is 6.78. The van der Waals surface area contributed by atoms with E-state index in [4.69, 9.17) is 4.74 Å². The van der Waals surface area contributed by atoms with Crippen molar-refractivity contribution >= 4 is 6.03 Å². The van der Waals surface area contributed by atoms with Gasteiger partial charge in [-0.05, 0) is 20.8 Å². The minimum Gasteiger partial charge on any atom is -0.377 e. The fourth-order valence-corrected chi connectivity index (χ4v) is 2.34. The topological polar surface area (TPSA) is 96.4 Å². The zero-order chi connectivity index (χ0) is 16.3. The molecule has 2 amide bonds. The van der Waals surface area contributed by atoms with Crippen molar-refractivity contribution in [2.75, 3.05) is 19.8 Å². The van der Waals surface area contributed by atoms with Gasteiger partial charge in [0.05, 0.1) is 31.4 Å². The predicted molar refractivity (Wildman–Crippen MR) is 80.9 cm³/mol. The molecule has 8 heteroatoms. The average molecular weight is 310 g/mol. The smallest absolute Gasteiger partial charge is 0.328 e. The molecule has 0 spiro atoms. The Hall–Kier alpha value is -2.09. The monoisotopic (exact) mass is 310 g/mol. The standard InChI is InChI=1S/C14H22N4O4/c1-9(2)18-7-11(12(19)16-14(18)21)6-15-13(20)17-4-5-22-8-10(17)3/h7,9-10H,4-6,8H2,1-3H3,(H,15,20)(H,16,19,21)/t10-/m1/s1. The number of aromatic nitrogens is 2. The molecule has 0 aliphatic carbocycles. The van der Waals surface area contributed by atoms with Gasteiger partial charge in [-0.3, -0.25) is 14.3 Å². The van der Waals surface area contributed by atoms with Gasteiger partial charge in [-0.1, -0.05) is 0 Å². The van der Waals surface area contributed by atoms with Gasteiger partial charge in [0, 0.05) is 18.8 Å². The van der Waals surface area contributed by atoms with Crippen LogP contribution in [0.3, 0.4) is 0 Å². The molecule has 8 nitrogen and oxygen atoms in total. The van der Waals surface area contributed by atoms with Crippen molar-refractivity contribution in [2.24, 2.45) is 0 Å². The number of hydrogen-bond donors (Lipinski definition) is 2. The number of carbonyl (C=O) groups excluding carboxylic acids is 1. The largest absolute Gasteiger partial charge is 0.377 e. The van der Waals surface area contributed by atoms with Crippen LogP contribution in [0.25, 0.3) is 0 Å². The molecular formula is C14H22N4O4. The SMILES string of the molecule is CC(C)n1cc(CNC(=O)N2CCOC[C@H]2C)c(=O)[nH]c1=O. The number of amides is 2. The lowest BCUT2D eigenvalue weighted by atomic mass is 10.2. The zero-order valence-corrected chi connectivity index (χ0v) is 13.1. The highest BCUT2D eigenvalue weighted by molar-refractivity contribution is 5.74. The van der Waals surface area contributed by atoms with E-state index in [0.29, 0.717) is 25.3 Å². The maximum Gasteiger partial charge on any atom is 0.328 e. The molecule has 2 rings (SSSR count). The molecule has 22 heavy (non-hydrogen) atoms. The summed E-state index contributed by atoms with van der Waals surface area (Å²) in [5.74, 6) is 0. The molecule has 1 saturated heterocycles. The lowest BCUT2D eigenvalue weighted by molar-refractivity contribution is 0.0189. The molecule has 0 bridgehead atoms. The number of carbonyl (C=O) groups is 1. The molecule has 2 N–H and O–H groups in total. The maximum atomic E-state index is 12.2. The highest BCUT2D eigenvalue weighted by Crippen LogP contribution is 2.06. The summed E-state index contributed by atoms with van der Waals surface area (Å²) in [6.45, 7) is 7.21. The van der Waals surface area contributed by atoms with E-state index < -0.39 is 11.2 Å². The fourth-order valence-electron chi connectivity index (χ4n) is 2.34. The Balaban J connectivity index is 2.08. The van der Waals surface area contributed by atoms with Crippen LogP contribution in [-0.4, -0.2) is 46.3 Å². The van der Waals surface area contributed by atoms with Gasteiger partial charge >= 0.3 is 11.7 Å². The summed E-state index contributed by atoms with van der Waals surface area (Å²) in [4.78, 5) is 39.6. The lowest BCUT2D eigenvalue weighted by Gasteiger charge is -2.33. The molecule has 1 aromatic rings. The van der Waals surface area contributed by atoms with Gasteiger partial charge in [-0.15, -0.1) is 0 Å². The Morgan fingerprint density at radius 3 is 2.86 bits per heavy atom. The Morgan fingerprint density at radius 2 is 2.23 bits per heavy atom. The van der Waals surface area contributed by atoms with Crippen LogP contribution >= 0.6 is 0 Å². The van der Waals surface area contributed by atoms with Crippen molar-refractivity contribution in [3.8, 4) is 0 Å². The number of aromatic amines is 1. The van der Waals surface area contributed by atoms with E-state index in [-0.39, 0.29) is 24.7 Å². The van der Waals surface area contributed by atoms with E-state index in [0.717, 1.165) is 0 Å². The van der Waals surface area contributed by atoms with Gasteiger partial charge in [0.25, 0.3) is 5.56 Å². The van der Waals surface area contributed by atoms with Gasteiger partial charge in [-0.2, -0.15) is 0 Å². The Kier molecular flexibility index (Phi) is 5.02. The Labute approximate surface area is 128 Å². The van der Waals surface area contributed by atoms with Gasteiger partial charge in [0.2, 0.25) is 0 Å². The molecule has 1 fully saturated rings. The first-order valence-electron chi connectivity index (χ1n) is 7.36. The van der Waals surface area contributed by atoms with Crippen molar-refractivity contribution in [1.82, 2.24) is 19.8 Å². The van der Waals surface area contributed by atoms with Crippen LogP contribution in [0, 0.1) is 0 Å². The van der Waals surface area contributed by atoms with E-state index in [1.807, 2.05) is 20.8 Å². The molecule has 1 aliphatic heterocycles. The second-order valence-corrected chi connectivity index (χ2v) is 5.69. The molecule has 2 heterocycles. The zero-order valence-electron chi connectivity index (χ0n) is 13.1. The van der Waals surface area contributed by atoms with E-state index in [9.17, 15) is 14.4 Å². The molecule has 0 unspecified atom stereocenters. The molecular weight excluding hydrogens is 288 g/mol. The van der Waals surface area contributed by atoms with Gasteiger partial charge in [-0.25, -0.2) is 9.59 Å². The van der Waals surface area contributed by atoms with Crippen LogP contribution in [0.15, 0.2) is 15.8 Å². The van der Waals surface area contributed by atoms with Crippen LogP contribution in [0.5, 0.6) is 0 Å². The first-order valence-corrected chi connectivity index (χ1v) is 7.36. The predicted octanol–water partition coefficient (Wildman–Crippen LogP) is 0.0478. The van der Waals surface area contributed by atoms with Gasteiger partial charge < -0.3 is 15.0 Å². The molecule has 1 aliphatic rings. The average Bonchev–Trinajstić information content (AvgIpc) is 2.46. The van der Waals surface area contributed by atoms with Crippen molar-refractivity contribution in [3.05, 3.63) is 32.6 Å².